The Balaban J connectivity index is 1.55. The molecule has 0 saturated carbocycles. The molecule has 2 aromatic rings. The van der Waals surface area contributed by atoms with Gasteiger partial charge in [0.25, 0.3) is 0 Å². The zero-order valence-electron chi connectivity index (χ0n) is 17.0. The average molecular weight is 444 g/mol. The third kappa shape index (κ3) is 6.39. The summed E-state index contributed by atoms with van der Waals surface area (Å²) >= 11 is 0. The van der Waals surface area contributed by atoms with Gasteiger partial charge >= 0.3 is 12.7 Å². The number of aromatic nitrogens is 2. The SMILES string of the molecule is CCNC(=NCc1nccn1C(F)F)NC1CCN(Cc2ccc(C(F)(F)F)cc2)C1. The van der Waals surface area contributed by atoms with Crippen molar-refractivity contribution in [2.75, 3.05) is 19.6 Å². The second-order valence-corrected chi connectivity index (χ2v) is 7.28. The van der Waals surface area contributed by atoms with Crippen molar-refractivity contribution in [2.24, 2.45) is 4.99 Å². The van der Waals surface area contributed by atoms with Crippen molar-refractivity contribution in [1.82, 2.24) is 25.1 Å². The van der Waals surface area contributed by atoms with Gasteiger partial charge in [-0.2, -0.15) is 22.0 Å². The molecule has 1 unspecified atom stereocenters. The van der Waals surface area contributed by atoms with Crippen LogP contribution in [0.5, 0.6) is 0 Å². The van der Waals surface area contributed by atoms with Crippen LogP contribution in [0.15, 0.2) is 41.7 Å². The van der Waals surface area contributed by atoms with Crippen LogP contribution in [0.2, 0.25) is 0 Å². The van der Waals surface area contributed by atoms with Crippen LogP contribution in [-0.2, 0) is 19.3 Å². The molecule has 1 aliphatic rings. The minimum Gasteiger partial charge on any atom is -0.357 e. The predicted octanol–water partition coefficient (Wildman–Crippen LogP) is 3.63. The molecule has 31 heavy (non-hydrogen) atoms. The van der Waals surface area contributed by atoms with Crippen LogP contribution in [0.1, 0.15) is 36.8 Å². The van der Waals surface area contributed by atoms with E-state index in [1.165, 1.54) is 24.5 Å². The summed E-state index contributed by atoms with van der Waals surface area (Å²) in [5.74, 6) is 0.676. The van der Waals surface area contributed by atoms with Gasteiger partial charge in [-0.25, -0.2) is 9.98 Å². The van der Waals surface area contributed by atoms with E-state index in [1.54, 1.807) is 0 Å². The fourth-order valence-electron chi connectivity index (χ4n) is 3.46. The molecule has 1 aromatic heterocycles. The molecule has 3 rings (SSSR count). The molecule has 0 spiro atoms. The van der Waals surface area contributed by atoms with Crippen molar-refractivity contribution in [3.05, 3.63) is 53.6 Å². The normalized spacial score (nSPS) is 18.0. The predicted molar refractivity (Wildman–Crippen MR) is 107 cm³/mol. The fraction of sp³-hybridized carbons (Fsp3) is 0.500. The number of alkyl halides is 5. The van der Waals surface area contributed by atoms with Crippen LogP contribution >= 0.6 is 0 Å². The number of nitrogens with one attached hydrogen (secondary N) is 2. The highest BCUT2D eigenvalue weighted by atomic mass is 19.4. The number of hydrogen-bond acceptors (Lipinski definition) is 3. The lowest BCUT2D eigenvalue weighted by Crippen LogP contribution is -2.44. The van der Waals surface area contributed by atoms with Gasteiger partial charge in [0, 0.05) is 44.6 Å². The first-order chi connectivity index (χ1) is 14.8. The minimum atomic E-state index is -4.34. The zero-order valence-corrected chi connectivity index (χ0v) is 17.0. The van der Waals surface area contributed by atoms with Crippen LogP contribution < -0.4 is 10.6 Å². The zero-order chi connectivity index (χ0) is 22.4. The standard InChI is InChI=1S/C20H25F5N6/c1-2-26-19(28-11-17-27-8-10-31(17)18(21)22)29-16-7-9-30(13-16)12-14-3-5-15(6-4-14)20(23,24)25/h3-6,8,10,16,18H,2,7,9,11-13H2,1H3,(H2,26,28,29). The van der Waals surface area contributed by atoms with E-state index < -0.39 is 18.3 Å². The van der Waals surface area contributed by atoms with Gasteiger partial charge in [-0.05, 0) is 31.0 Å². The van der Waals surface area contributed by atoms with Crippen molar-refractivity contribution < 1.29 is 22.0 Å². The number of aliphatic imine (C=N–C) groups is 1. The molecule has 0 amide bonds. The second kappa shape index (κ2) is 10.1. The number of guanidine groups is 1. The molecule has 170 valence electrons. The highest BCUT2D eigenvalue weighted by Crippen LogP contribution is 2.29. The van der Waals surface area contributed by atoms with Gasteiger partial charge in [0.1, 0.15) is 12.4 Å². The van der Waals surface area contributed by atoms with Gasteiger partial charge in [-0.15, -0.1) is 0 Å². The maximum Gasteiger partial charge on any atom is 0.416 e. The fourth-order valence-corrected chi connectivity index (χ4v) is 3.46. The van der Waals surface area contributed by atoms with E-state index in [2.05, 4.69) is 25.5 Å². The number of imidazole rings is 1. The Bertz CT molecular complexity index is 862. The molecular formula is C20H25F5N6. The van der Waals surface area contributed by atoms with Gasteiger partial charge < -0.3 is 10.6 Å². The van der Waals surface area contributed by atoms with E-state index in [1.807, 2.05) is 6.92 Å². The first kappa shape index (κ1) is 23.0. The van der Waals surface area contributed by atoms with E-state index in [9.17, 15) is 22.0 Å². The Morgan fingerprint density at radius 3 is 2.65 bits per heavy atom. The minimum absolute atomic E-state index is 0.00859. The molecule has 0 aliphatic carbocycles. The Labute approximate surface area is 177 Å². The summed E-state index contributed by atoms with van der Waals surface area (Å²) in [6.45, 7) is 1.88. The van der Waals surface area contributed by atoms with Gasteiger partial charge in [0.05, 0.1) is 5.56 Å². The molecule has 1 atom stereocenters. The number of hydrogen-bond donors (Lipinski definition) is 2. The van der Waals surface area contributed by atoms with E-state index in [4.69, 9.17) is 0 Å². The topological polar surface area (TPSA) is 57.5 Å². The number of halogens is 5. The van der Waals surface area contributed by atoms with Crippen LogP contribution in [0.4, 0.5) is 22.0 Å². The van der Waals surface area contributed by atoms with Crippen molar-refractivity contribution in [3.8, 4) is 0 Å². The molecule has 11 heteroatoms. The summed E-state index contributed by atoms with van der Waals surface area (Å²) in [6.07, 6.45) is -0.980. The van der Waals surface area contributed by atoms with E-state index in [-0.39, 0.29) is 18.4 Å². The number of nitrogens with zero attached hydrogens (tertiary/aromatic N) is 4. The molecular weight excluding hydrogens is 419 g/mol. The average Bonchev–Trinajstić information content (AvgIpc) is 3.35. The maximum atomic E-state index is 12.9. The van der Waals surface area contributed by atoms with Crippen molar-refractivity contribution in [1.29, 1.82) is 0 Å². The first-order valence-corrected chi connectivity index (χ1v) is 9.99. The van der Waals surface area contributed by atoms with Gasteiger partial charge in [-0.3, -0.25) is 9.47 Å². The molecule has 2 heterocycles. The largest absolute Gasteiger partial charge is 0.416 e. The molecule has 1 aliphatic heterocycles. The number of rotatable bonds is 7. The van der Waals surface area contributed by atoms with Crippen LogP contribution in [0.3, 0.4) is 0 Å². The smallest absolute Gasteiger partial charge is 0.357 e. The first-order valence-electron chi connectivity index (χ1n) is 9.99. The third-order valence-corrected chi connectivity index (χ3v) is 4.98. The molecule has 0 bridgehead atoms. The Hall–Kier alpha value is -2.69. The lowest BCUT2D eigenvalue weighted by atomic mass is 10.1. The van der Waals surface area contributed by atoms with E-state index >= 15 is 0 Å². The second-order valence-electron chi connectivity index (χ2n) is 7.28. The molecule has 6 nitrogen and oxygen atoms in total. The Morgan fingerprint density at radius 1 is 1.26 bits per heavy atom. The van der Waals surface area contributed by atoms with Gasteiger partial charge in [-0.1, -0.05) is 12.1 Å². The summed E-state index contributed by atoms with van der Waals surface area (Å²) in [6, 6.07) is 5.28. The monoisotopic (exact) mass is 444 g/mol. The van der Waals surface area contributed by atoms with Crippen LogP contribution in [0, 0.1) is 0 Å². The lowest BCUT2D eigenvalue weighted by molar-refractivity contribution is -0.137. The van der Waals surface area contributed by atoms with Gasteiger partial charge in [0.2, 0.25) is 0 Å². The highest BCUT2D eigenvalue weighted by Gasteiger charge is 2.30. The van der Waals surface area contributed by atoms with Crippen LogP contribution in [0.25, 0.3) is 0 Å². The third-order valence-electron chi connectivity index (χ3n) is 4.98. The van der Waals surface area contributed by atoms with E-state index in [0.29, 0.717) is 25.6 Å². The quantitative estimate of drug-likeness (QED) is 0.389. The summed E-state index contributed by atoms with van der Waals surface area (Å²) < 4.78 is 64.8. The molecule has 2 N–H and O–H groups in total. The molecule has 1 saturated heterocycles. The number of likely N-dealkylation sites (tertiary alicyclic amines) is 1. The van der Waals surface area contributed by atoms with Crippen LogP contribution in [-0.4, -0.2) is 46.1 Å². The van der Waals surface area contributed by atoms with Gasteiger partial charge in [0.15, 0.2) is 5.96 Å². The maximum absolute atomic E-state index is 12.9. The Morgan fingerprint density at radius 2 is 2.00 bits per heavy atom. The summed E-state index contributed by atoms with van der Waals surface area (Å²) in [7, 11) is 0. The lowest BCUT2D eigenvalue weighted by Gasteiger charge is -2.19. The molecule has 0 radical (unpaired) electrons. The van der Waals surface area contributed by atoms with Crippen molar-refractivity contribution in [2.45, 2.75) is 45.2 Å². The molecule has 1 fully saturated rings. The highest BCUT2D eigenvalue weighted by molar-refractivity contribution is 5.80. The van der Waals surface area contributed by atoms with E-state index in [0.717, 1.165) is 35.2 Å². The summed E-state index contributed by atoms with van der Waals surface area (Å²) in [5, 5.41) is 6.39. The summed E-state index contributed by atoms with van der Waals surface area (Å²) in [5.41, 5.74) is 0.157. The molecule has 1 aromatic carbocycles. The van der Waals surface area contributed by atoms with Crippen molar-refractivity contribution >= 4 is 5.96 Å². The van der Waals surface area contributed by atoms with Crippen molar-refractivity contribution in [3.63, 3.8) is 0 Å². The Kier molecular flexibility index (Phi) is 7.47. The summed E-state index contributed by atoms with van der Waals surface area (Å²) in [4.78, 5) is 10.4. The number of benzene rings is 1.